The summed E-state index contributed by atoms with van der Waals surface area (Å²) in [5.74, 6) is -0.447. The second-order valence-corrected chi connectivity index (χ2v) is 5.96. The maximum absolute atomic E-state index is 11.6. The number of hydrogen-bond acceptors (Lipinski definition) is 6. The smallest absolute Gasteiger partial charge is 0.367 e. The fraction of sp³-hybridized carbons (Fsp3) is 0.308. The lowest BCUT2D eigenvalue weighted by molar-refractivity contribution is -0.119. The summed E-state index contributed by atoms with van der Waals surface area (Å²) in [5.41, 5.74) is 0.761. The van der Waals surface area contributed by atoms with Crippen LogP contribution in [0.3, 0.4) is 0 Å². The summed E-state index contributed by atoms with van der Waals surface area (Å²) < 4.78 is 4.91. The molecule has 2 aromatic heterocycles. The molecule has 0 radical (unpaired) electrons. The molecule has 0 atom stereocenters. The van der Waals surface area contributed by atoms with Crippen molar-refractivity contribution in [1.82, 2.24) is 10.3 Å². The lowest BCUT2D eigenvalue weighted by Crippen LogP contribution is -2.17. The second kappa shape index (κ2) is 6.62. The van der Waals surface area contributed by atoms with Crippen LogP contribution in [0.1, 0.15) is 28.5 Å². The fourth-order valence-electron chi connectivity index (χ4n) is 1.50. The summed E-state index contributed by atoms with van der Waals surface area (Å²) in [6, 6.07) is 3.88. The topological polar surface area (TPSA) is 68.3 Å². The third-order valence-corrected chi connectivity index (χ3v) is 4.31. The van der Waals surface area contributed by atoms with E-state index in [0.717, 1.165) is 15.4 Å². The molecule has 106 valence electrons. The van der Waals surface area contributed by atoms with E-state index in [1.54, 1.807) is 18.3 Å². The summed E-state index contributed by atoms with van der Waals surface area (Å²) >= 11 is 2.81. The first kappa shape index (κ1) is 14.7. The quantitative estimate of drug-likeness (QED) is 0.862. The molecule has 0 bridgehead atoms. The van der Waals surface area contributed by atoms with Crippen molar-refractivity contribution in [1.29, 1.82) is 0 Å². The molecule has 2 aromatic rings. The molecule has 0 fully saturated rings. The zero-order chi connectivity index (χ0) is 14.5. The van der Waals surface area contributed by atoms with Gasteiger partial charge >= 0.3 is 5.97 Å². The third-order valence-electron chi connectivity index (χ3n) is 2.38. The van der Waals surface area contributed by atoms with Gasteiger partial charge in [0.15, 0.2) is 0 Å². The van der Waals surface area contributed by atoms with Crippen molar-refractivity contribution in [2.45, 2.75) is 20.4 Å². The Morgan fingerprint density at radius 1 is 1.40 bits per heavy atom. The number of amides is 1. The van der Waals surface area contributed by atoms with Crippen LogP contribution in [-0.4, -0.2) is 23.5 Å². The van der Waals surface area contributed by atoms with Gasteiger partial charge in [0.25, 0.3) is 0 Å². The van der Waals surface area contributed by atoms with Crippen LogP contribution in [0.2, 0.25) is 0 Å². The van der Waals surface area contributed by atoms with Crippen molar-refractivity contribution in [3.63, 3.8) is 0 Å². The van der Waals surface area contributed by atoms with Gasteiger partial charge in [0.1, 0.15) is 0 Å². The zero-order valence-corrected chi connectivity index (χ0v) is 12.8. The summed E-state index contributed by atoms with van der Waals surface area (Å²) in [5, 5.41) is 4.94. The van der Waals surface area contributed by atoms with E-state index in [9.17, 15) is 9.59 Å². The maximum atomic E-state index is 11.6. The van der Waals surface area contributed by atoms with Crippen molar-refractivity contribution in [2.24, 2.45) is 0 Å². The number of thiophene rings is 1. The molecule has 0 saturated carbocycles. The highest BCUT2D eigenvalue weighted by molar-refractivity contribution is 7.16. The average molecular weight is 310 g/mol. The molecule has 1 amide bonds. The van der Waals surface area contributed by atoms with Crippen LogP contribution in [0, 0.1) is 0 Å². The van der Waals surface area contributed by atoms with Crippen LogP contribution in [0.15, 0.2) is 17.5 Å². The number of esters is 1. The normalized spacial score (nSPS) is 10.3. The van der Waals surface area contributed by atoms with E-state index < -0.39 is 5.97 Å². The average Bonchev–Trinajstić information content (AvgIpc) is 3.05. The maximum Gasteiger partial charge on any atom is 0.367 e. The van der Waals surface area contributed by atoms with Crippen molar-refractivity contribution in [2.75, 3.05) is 6.61 Å². The van der Waals surface area contributed by atoms with Crippen LogP contribution in [0.25, 0.3) is 10.6 Å². The Morgan fingerprint density at radius 2 is 2.20 bits per heavy atom. The van der Waals surface area contributed by atoms with Gasteiger partial charge in [-0.25, -0.2) is 9.78 Å². The zero-order valence-electron chi connectivity index (χ0n) is 11.1. The van der Waals surface area contributed by atoms with Gasteiger partial charge in [0.05, 0.1) is 23.7 Å². The largest absolute Gasteiger partial charge is 0.461 e. The van der Waals surface area contributed by atoms with E-state index in [-0.39, 0.29) is 5.91 Å². The molecule has 0 spiro atoms. The monoisotopic (exact) mass is 310 g/mol. The highest BCUT2D eigenvalue weighted by atomic mass is 32.1. The molecule has 1 N–H and O–H groups in total. The minimum absolute atomic E-state index is 0.0572. The molecule has 0 saturated heterocycles. The Kier molecular flexibility index (Phi) is 4.86. The van der Waals surface area contributed by atoms with Gasteiger partial charge in [-0.1, -0.05) is 0 Å². The molecule has 0 aliphatic rings. The molecule has 2 rings (SSSR count). The Hall–Kier alpha value is -1.73. The van der Waals surface area contributed by atoms with E-state index in [1.807, 2.05) is 17.5 Å². The number of carbonyl (C=O) groups excluding carboxylic acids is 2. The van der Waals surface area contributed by atoms with E-state index >= 15 is 0 Å². The SMILES string of the molecule is CCOC(=O)c1nc(-c2ccc(CNC(C)=O)s2)cs1. The number of carbonyl (C=O) groups is 2. The van der Waals surface area contributed by atoms with Crippen molar-refractivity contribution >= 4 is 34.6 Å². The van der Waals surface area contributed by atoms with Crippen LogP contribution in [0.4, 0.5) is 0 Å². The summed E-state index contributed by atoms with van der Waals surface area (Å²) in [6.07, 6.45) is 0. The summed E-state index contributed by atoms with van der Waals surface area (Å²) in [6.45, 7) is 4.10. The number of aromatic nitrogens is 1. The van der Waals surface area contributed by atoms with E-state index in [1.165, 1.54) is 18.3 Å². The number of hydrogen-bond donors (Lipinski definition) is 1. The number of nitrogens with one attached hydrogen (secondary N) is 1. The van der Waals surface area contributed by atoms with Gasteiger partial charge in [0, 0.05) is 17.2 Å². The Morgan fingerprint density at radius 3 is 2.90 bits per heavy atom. The summed E-state index contributed by atoms with van der Waals surface area (Å²) in [4.78, 5) is 28.7. The molecule has 20 heavy (non-hydrogen) atoms. The molecule has 0 aliphatic heterocycles. The highest BCUT2D eigenvalue weighted by Gasteiger charge is 2.14. The predicted octanol–water partition coefficient (Wildman–Crippen LogP) is 2.68. The number of ether oxygens (including phenoxy) is 1. The molecule has 2 heterocycles. The Balaban J connectivity index is 2.08. The number of nitrogens with zero attached hydrogens (tertiary/aromatic N) is 1. The van der Waals surface area contributed by atoms with Crippen molar-refractivity contribution in [3.05, 3.63) is 27.4 Å². The first-order chi connectivity index (χ1) is 9.60. The fourth-order valence-corrected chi connectivity index (χ4v) is 3.19. The molecule has 0 aromatic carbocycles. The molecule has 5 nitrogen and oxygen atoms in total. The first-order valence-electron chi connectivity index (χ1n) is 6.06. The van der Waals surface area contributed by atoms with Crippen molar-refractivity contribution < 1.29 is 14.3 Å². The van der Waals surface area contributed by atoms with Gasteiger partial charge < -0.3 is 10.1 Å². The second-order valence-electron chi connectivity index (χ2n) is 3.93. The van der Waals surface area contributed by atoms with Gasteiger partial charge in [-0.3, -0.25) is 4.79 Å². The van der Waals surface area contributed by atoms with Crippen LogP contribution in [-0.2, 0) is 16.1 Å². The first-order valence-corrected chi connectivity index (χ1v) is 7.76. The predicted molar refractivity (Wildman–Crippen MR) is 78.9 cm³/mol. The summed E-state index contributed by atoms with van der Waals surface area (Å²) in [7, 11) is 0. The van der Waals surface area contributed by atoms with Crippen LogP contribution >= 0.6 is 22.7 Å². The minimum Gasteiger partial charge on any atom is -0.461 e. The standard InChI is InChI=1S/C13H14N2O3S2/c1-3-18-13(17)12-15-10(7-19-12)11-5-4-9(20-11)6-14-8(2)16/h4-5,7H,3,6H2,1-2H3,(H,14,16). The molecular weight excluding hydrogens is 296 g/mol. The lowest BCUT2D eigenvalue weighted by Gasteiger charge is -1.97. The lowest BCUT2D eigenvalue weighted by atomic mass is 10.3. The van der Waals surface area contributed by atoms with Gasteiger partial charge in [0.2, 0.25) is 10.9 Å². The van der Waals surface area contributed by atoms with Gasteiger partial charge in [-0.2, -0.15) is 0 Å². The molecule has 0 unspecified atom stereocenters. The molecule has 7 heteroatoms. The van der Waals surface area contributed by atoms with E-state index in [4.69, 9.17) is 4.74 Å². The van der Waals surface area contributed by atoms with Gasteiger partial charge in [-0.05, 0) is 19.1 Å². The number of rotatable bonds is 5. The Labute approximate surface area is 124 Å². The third kappa shape index (κ3) is 3.64. The van der Waals surface area contributed by atoms with Crippen LogP contribution < -0.4 is 5.32 Å². The molecular formula is C13H14N2O3S2. The Bertz CT molecular complexity index is 619. The molecule has 0 aliphatic carbocycles. The highest BCUT2D eigenvalue weighted by Crippen LogP contribution is 2.29. The minimum atomic E-state index is -0.390. The van der Waals surface area contributed by atoms with E-state index in [0.29, 0.717) is 18.2 Å². The number of thiazole rings is 1. The van der Waals surface area contributed by atoms with Crippen LogP contribution in [0.5, 0.6) is 0 Å². The van der Waals surface area contributed by atoms with Gasteiger partial charge in [-0.15, -0.1) is 22.7 Å². The van der Waals surface area contributed by atoms with E-state index in [2.05, 4.69) is 10.3 Å². The van der Waals surface area contributed by atoms with Crippen molar-refractivity contribution in [3.8, 4) is 10.6 Å².